The predicted octanol–water partition coefficient (Wildman–Crippen LogP) is 6.17. The Morgan fingerprint density at radius 1 is 0.833 bits per heavy atom. The fraction of sp³-hybridized carbons (Fsp3) is 1.00. The summed E-state index contributed by atoms with van der Waals surface area (Å²) in [6, 6.07) is 0. The van der Waals surface area contributed by atoms with Crippen LogP contribution in [-0.4, -0.2) is 70.8 Å². The number of unbranched alkanes of at least 4 members (excludes halogenated alkanes) is 14. The molecule has 0 spiro atoms. The van der Waals surface area contributed by atoms with E-state index in [4.69, 9.17) is 14.0 Å². The molecule has 1 rings (SSSR count). The molecule has 0 aromatic heterocycles. The van der Waals surface area contributed by atoms with Gasteiger partial charge >= 0.3 is 0 Å². The van der Waals surface area contributed by atoms with Gasteiger partial charge < -0.3 is 23.4 Å². The first-order chi connectivity index (χ1) is 17.2. The molecule has 1 aliphatic heterocycles. The molecule has 1 saturated heterocycles. The largest absolute Gasteiger partial charge is 0.754 e. The van der Waals surface area contributed by atoms with E-state index in [2.05, 4.69) is 16.5 Å². The lowest BCUT2D eigenvalue weighted by Crippen LogP contribution is -2.51. The van der Waals surface area contributed by atoms with Crippen molar-refractivity contribution < 1.29 is 37.5 Å². The minimum absolute atomic E-state index is 0.0577. The topological polar surface area (TPSA) is 86.3 Å². The Labute approximate surface area is 221 Å². The van der Waals surface area contributed by atoms with Crippen LogP contribution in [-0.2, 0) is 28.1 Å². The molecular weight excluding hydrogens is 481 g/mol. The van der Waals surface area contributed by atoms with Crippen LogP contribution in [0.4, 0.5) is 0 Å². The molecule has 0 aromatic rings. The summed E-state index contributed by atoms with van der Waals surface area (Å²) in [6.45, 7) is 3.46. The molecule has 0 amide bonds. The van der Waals surface area contributed by atoms with Gasteiger partial charge in [-0.05, 0) is 6.42 Å². The van der Waals surface area contributed by atoms with E-state index in [0.717, 1.165) is 20.0 Å². The summed E-state index contributed by atoms with van der Waals surface area (Å²) in [4.78, 5) is 16.2. The van der Waals surface area contributed by atoms with Crippen molar-refractivity contribution in [2.75, 3.05) is 48.0 Å². The Kier molecular flexibility index (Phi) is 18.8. The van der Waals surface area contributed by atoms with Gasteiger partial charge in [-0.15, -0.1) is 0 Å². The van der Waals surface area contributed by atoms with Crippen LogP contribution in [0.2, 0.25) is 0 Å². The Morgan fingerprint density at radius 2 is 1.33 bits per heavy atom. The van der Waals surface area contributed by atoms with Crippen LogP contribution in [0.5, 0.6) is 0 Å². The molecule has 4 atom stereocenters. The molecule has 0 bridgehead atoms. The number of phosphoric ester groups is 1. The standard InChI is InChI=1S/C27H56NO7P/c1-6-7-8-9-10-11-12-13-14-15-16-17-18-19-20-21-25-23-33-27(24-32-25)26(22-28(2,3)4)34-36(29,30)35-31-5/h25-27H,6-24H2,1-5H3/t25-,26?,27+/m0/s1. The van der Waals surface area contributed by atoms with E-state index < -0.39 is 20.0 Å². The molecule has 9 heteroatoms. The van der Waals surface area contributed by atoms with E-state index in [9.17, 15) is 9.46 Å². The van der Waals surface area contributed by atoms with Crippen molar-refractivity contribution in [3.8, 4) is 0 Å². The van der Waals surface area contributed by atoms with Gasteiger partial charge in [0.15, 0.2) is 0 Å². The zero-order valence-electron chi connectivity index (χ0n) is 23.9. The minimum Gasteiger partial charge on any atom is -0.754 e. The van der Waals surface area contributed by atoms with E-state index >= 15 is 0 Å². The third-order valence-electron chi connectivity index (χ3n) is 6.69. The molecule has 1 heterocycles. The Balaban J connectivity index is 2.09. The van der Waals surface area contributed by atoms with Crippen LogP contribution in [0.3, 0.4) is 0 Å². The third-order valence-corrected chi connectivity index (χ3v) is 7.56. The Hall–Kier alpha value is -0.0500. The first-order valence-electron chi connectivity index (χ1n) is 14.4. The summed E-state index contributed by atoms with van der Waals surface area (Å²) in [7, 11) is 2.44. The number of likely N-dealkylation sites (N-methyl/N-ethyl adjacent to an activating group) is 1. The molecule has 8 nitrogen and oxygen atoms in total. The highest BCUT2D eigenvalue weighted by molar-refractivity contribution is 7.45. The van der Waals surface area contributed by atoms with Gasteiger partial charge in [0.2, 0.25) is 0 Å². The zero-order valence-corrected chi connectivity index (χ0v) is 24.8. The lowest BCUT2D eigenvalue weighted by molar-refractivity contribution is -0.873. The van der Waals surface area contributed by atoms with Crippen molar-refractivity contribution in [1.29, 1.82) is 0 Å². The maximum Gasteiger partial charge on any atom is 0.298 e. The average molecular weight is 538 g/mol. The smallest absolute Gasteiger partial charge is 0.298 e. The summed E-state index contributed by atoms with van der Waals surface area (Å²) in [5.74, 6) is 0. The van der Waals surface area contributed by atoms with Gasteiger partial charge in [0, 0.05) is 0 Å². The second-order valence-corrected chi connectivity index (χ2v) is 12.6. The number of quaternary nitrogens is 1. The third kappa shape index (κ3) is 18.2. The van der Waals surface area contributed by atoms with E-state index in [0.29, 0.717) is 24.2 Å². The summed E-state index contributed by atoms with van der Waals surface area (Å²) in [5.41, 5.74) is 0. The minimum atomic E-state index is -4.58. The van der Waals surface area contributed by atoms with Crippen molar-refractivity contribution in [3.63, 3.8) is 0 Å². The maximum atomic E-state index is 12.0. The molecule has 0 aromatic carbocycles. The first-order valence-corrected chi connectivity index (χ1v) is 15.9. The van der Waals surface area contributed by atoms with E-state index in [-0.39, 0.29) is 6.10 Å². The Morgan fingerprint density at radius 3 is 1.75 bits per heavy atom. The molecule has 1 aliphatic rings. The van der Waals surface area contributed by atoms with Crippen LogP contribution in [0.15, 0.2) is 0 Å². The van der Waals surface area contributed by atoms with Crippen LogP contribution in [0, 0.1) is 0 Å². The summed E-state index contributed by atoms with van der Waals surface area (Å²) < 4.78 is 34.0. The van der Waals surface area contributed by atoms with Gasteiger partial charge in [0.05, 0.1) is 47.6 Å². The highest BCUT2D eigenvalue weighted by Gasteiger charge is 2.36. The normalized spacial score (nSPS) is 21.4. The van der Waals surface area contributed by atoms with Gasteiger partial charge in [0.1, 0.15) is 18.8 Å². The molecule has 216 valence electrons. The highest BCUT2D eigenvalue weighted by Crippen LogP contribution is 2.41. The van der Waals surface area contributed by atoms with E-state index in [1.807, 2.05) is 21.1 Å². The van der Waals surface area contributed by atoms with Crippen LogP contribution in [0.25, 0.3) is 0 Å². The number of ether oxygens (including phenoxy) is 2. The lowest BCUT2D eigenvalue weighted by atomic mass is 10.0. The molecule has 0 N–H and O–H groups in total. The van der Waals surface area contributed by atoms with Crippen molar-refractivity contribution in [2.45, 2.75) is 128 Å². The molecular formula is C27H56NO7P. The van der Waals surface area contributed by atoms with Crippen molar-refractivity contribution in [3.05, 3.63) is 0 Å². The SMILES string of the molecule is CCCCCCCCCCCCCCCCC[C@H]1CO[C@@H](C(C[N+](C)(C)C)OP(=O)([O-])OOC)CO1. The molecule has 0 radical (unpaired) electrons. The average Bonchev–Trinajstić information content (AvgIpc) is 2.80. The summed E-state index contributed by atoms with van der Waals surface area (Å²) >= 11 is 0. The quantitative estimate of drug-likeness (QED) is 0.0506. The lowest BCUT2D eigenvalue weighted by Gasteiger charge is -2.38. The number of phosphoric acid groups is 1. The number of rotatable bonds is 23. The highest BCUT2D eigenvalue weighted by atomic mass is 31.2. The second-order valence-electron chi connectivity index (χ2n) is 11.4. The van der Waals surface area contributed by atoms with E-state index in [1.165, 1.54) is 89.9 Å². The fourth-order valence-electron chi connectivity index (χ4n) is 4.72. The maximum absolute atomic E-state index is 12.0. The van der Waals surface area contributed by atoms with Gasteiger partial charge in [-0.1, -0.05) is 103 Å². The number of nitrogens with zero attached hydrogens (tertiary/aromatic N) is 1. The molecule has 36 heavy (non-hydrogen) atoms. The van der Waals surface area contributed by atoms with Crippen molar-refractivity contribution >= 4 is 7.82 Å². The van der Waals surface area contributed by atoms with Crippen LogP contribution in [0.1, 0.15) is 110 Å². The van der Waals surface area contributed by atoms with Crippen molar-refractivity contribution in [2.24, 2.45) is 0 Å². The number of hydrogen-bond donors (Lipinski definition) is 0. The monoisotopic (exact) mass is 537 g/mol. The molecule has 0 saturated carbocycles. The van der Waals surface area contributed by atoms with Crippen molar-refractivity contribution in [1.82, 2.24) is 0 Å². The van der Waals surface area contributed by atoms with Gasteiger partial charge in [0.25, 0.3) is 7.82 Å². The summed E-state index contributed by atoms with van der Waals surface area (Å²) in [5, 5.41) is 0. The van der Waals surface area contributed by atoms with Crippen LogP contribution >= 0.6 is 7.82 Å². The van der Waals surface area contributed by atoms with Crippen LogP contribution < -0.4 is 4.89 Å². The Bertz CT molecular complexity index is 565. The zero-order chi connectivity index (χ0) is 26.7. The van der Waals surface area contributed by atoms with Gasteiger partial charge in [-0.25, -0.2) is 4.89 Å². The number of hydrogen-bond acceptors (Lipinski definition) is 7. The van der Waals surface area contributed by atoms with E-state index in [1.54, 1.807) is 0 Å². The fourth-order valence-corrected chi connectivity index (χ4v) is 5.47. The van der Waals surface area contributed by atoms with Gasteiger partial charge in [-0.2, -0.15) is 4.67 Å². The predicted molar refractivity (Wildman–Crippen MR) is 142 cm³/mol. The summed E-state index contributed by atoms with van der Waals surface area (Å²) in [6.07, 6.45) is 20.2. The molecule has 1 fully saturated rings. The molecule has 2 unspecified atom stereocenters. The molecule has 0 aliphatic carbocycles. The first kappa shape index (κ1) is 34.0. The van der Waals surface area contributed by atoms with Gasteiger partial charge in [-0.3, -0.25) is 4.57 Å². The second kappa shape index (κ2) is 19.9.